The molecule has 0 fully saturated rings. The zero-order valence-corrected chi connectivity index (χ0v) is 10.7. The van der Waals surface area contributed by atoms with Gasteiger partial charge in [-0.3, -0.25) is 4.79 Å². The molecule has 0 heterocycles. The Kier molecular flexibility index (Phi) is 4.70. The maximum Gasteiger partial charge on any atom is 0.225 e. The van der Waals surface area contributed by atoms with Crippen molar-refractivity contribution in [1.29, 1.82) is 0 Å². The molecule has 1 aromatic carbocycles. The van der Waals surface area contributed by atoms with Gasteiger partial charge in [0.2, 0.25) is 5.91 Å². The summed E-state index contributed by atoms with van der Waals surface area (Å²) in [6.45, 7) is 5.54. The molecular formula is C14H21NO2. The average molecular weight is 235 g/mol. The zero-order valence-electron chi connectivity index (χ0n) is 10.7. The number of benzene rings is 1. The molecule has 0 aromatic heterocycles. The molecule has 0 saturated heterocycles. The van der Waals surface area contributed by atoms with Gasteiger partial charge in [0.25, 0.3) is 0 Å². The number of amides is 1. The molecule has 0 spiro atoms. The van der Waals surface area contributed by atoms with Crippen molar-refractivity contribution in [2.45, 2.75) is 33.2 Å². The van der Waals surface area contributed by atoms with Crippen LogP contribution < -0.4 is 5.32 Å². The minimum absolute atomic E-state index is 0.0347. The molecule has 2 N–H and O–H groups in total. The van der Waals surface area contributed by atoms with Crippen LogP contribution in [-0.4, -0.2) is 23.7 Å². The van der Waals surface area contributed by atoms with E-state index in [1.165, 1.54) is 0 Å². The number of hydrogen-bond acceptors (Lipinski definition) is 2. The predicted octanol–water partition coefficient (Wildman–Crippen LogP) is 1.75. The van der Waals surface area contributed by atoms with Crippen LogP contribution in [0.25, 0.3) is 0 Å². The van der Waals surface area contributed by atoms with Crippen molar-refractivity contribution in [2.24, 2.45) is 5.41 Å². The van der Waals surface area contributed by atoms with Gasteiger partial charge in [-0.15, -0.1) is 0 Å². The van der Waals surface area contributed by atoms with Crippen LogP contribution in [0.2, 0.25) is 0 Å². The van der Waals surface area contributed by atoms with Gasteiger partial charge in [-0.2, -0.15) is 0 Å². The van der Waals surface area contributed by atoms with E-state index in [1.54, 1.807) is 0 Å². The summed E-state index contributed by atoms with van der Waals surface area (Å²) in [6, 6.07) is 9.62. The number of aliphatic hydroxyl groups is 1. The second kappa shape index (κ2) is 5.82. The van der Waals surface area contributed by atoms with Crippen LogP contribution in [0.5, 0.6) is 0 Å². The molecule has 0 radical (unpaired) electrons. The topological polar surface area (TPSA) is 49.3 Å². The van der Waals surface area contributed by atoms with E-state index < -0.39 is 5.41 Å². The van der Waals surface area contributed by atoms with Crippen LogP contribution in [0.3, 0.4) is 0 Å². The van der Waals surface area contributed by atoms with Crippen molar-refractivity contribution in [3.63, 3.8) is 0 Å². The molecule has 0 aliphatic rings. The van der Waals surface area contributed by atoms with Gasteiger partial charge in [-0.05, 0) is 12.0 Å². The van der Waals surface area contributed by atoms with Gasteiger partial charge in [-0.25, -0.2) is 0 Å². The van der Waals surface area contributed by atoms with Crippen LogP contribution in [0.1, 0.15) is 26.3 Å². The number of nitrogens with one attached hydrogen (secondary N) is 1. The van der Waals surface area contributed by atoms with Crippen LogP contribution in [0, 0.1) is 5.41 Å². The summed E-state index contributed by atoms with van der Waals surface area (Å²) in [5.41, 5.74) is 0.685. The molecule has 1 amide bonds. The second-order valence-corrected chi connectivity index (χ2v) is 5.29. The molecule has 0 aliphatic carbocycles. The lowest BCUT2D eigenvalue weighted by Crippen LogP contribution is -2.44. The Hall–Kier alpha value is -1.35. The van der Waals surface area contributed by atoms with Gasteiger partial charge in [0.1, 0.15) is 0 Å². The monoisotopic (exact) mass is 235 g/mol. The number of rotatable bonds is 4. The number of aliphatic hydroxyl groups excluding tert-OH is 1. The van der Waals surface area contributed by atoms with Crippen LogP contribution in [0.15, 0.2) is 30.3 Å². The molecule has 0 bridgehead atoms. The fourth-order valence-electron chi connectivity index (χ4n) is 1.46. The molecule has 1 unspecified atom stereocenters. The average Bonchev–Trinajstić information content (AvgIpc) is 2.28. The summed E-state index contributed by atoms with van der Waals surface area (Å²) in [5.74, 6) is -0.0347. The van der Waals surface area contributed by atoms with E-state index in [2.05, 4.69) is 5.32 Å². The van der Waals surface area contributed by atoms with Crippen molar-refractivity contribution in [3.8, 4) is 0 Å². The van der Waals surface area contributed by atoms with E-state index in [9.17, 15) is 9.90 Å². The van der Waals surface area contributed by atoms with Crippen molar-refractivity contribution in [2.75, 3.05) is 6.61 Å². The highest BCUT2D eigenvalue weighted by Gasteiger charge is 2.23. The first-order valence-electron chi connectivity index (χ1n) is 5.89. The normalized spacial score (nSPS) is 13.2. The summed E-state index contributed by atoms with van der Waals surface area (Å²) in [4.78, 5) is 11.8. The van der Waals surface area contributed by atoms with Gasteiger partial charge >= 0.3 is 0 Å². The summed E-state index contributed by atoms with van der Waals surface area (Å²) in [5, 5.41) is 12.2. The van der Waals surface area contributed by atoms with E-state index >= 15 is 0 Å². The first-order chi connectivity index (χ1) is 7.93. The van der Waals surface area contributed by atoms with Crippen LogP contribution in [0.4, 0.5) is 0 Å². The van der Waals surface area contributed by atoms with Crippen molar-refractivity contribution in [3.05, 3.63) is 35.9 Å². The lowest BCUT2D eigenvalue weighted by molar-refractivity contribution is -0.129. The molecule has 17 heavy (non-hydrogen) atoms. The van der Waals surface area contributed by atoms with Crippen molar-refractivity contribution >= 4 is 5.91 Å². The maximum atomic E-state index is 11.8. The van der Waals surface area contributed by atoms with E-state index in [-0.39, 0.29) is 18.6 Å². The highest BCUT2D eigenvalue weighted by atomic mass is 16.3. The van der Waals surface area contributed by atoms with E-state index in [1.807, 2.05) is 51.1 Å². The lowest BCUT2D eigenvalue weighted by atomic mass is 9.94. The van der Waals surface area contributed by atoms with E-state index in [4.69, 9.17) is 0 Å². The molecule has 94 valence electrons. The van der Waals surface area contributed by atoms with E-state index in [0.717, 1.165) is 5.56 Å². The molecule has 1 atom stereocenters. The summed E-state index contributed by atoms with van der Waals surface area (Å²) in [7, 11) is 0. The number of hydrogen-bond donors (Lipinski definition) is 2. The highest BCUT2D eigenvalue weighted by molar-refractivity contribution is 5.81. The Labute approximate surface area is 103 Å². The van der Waals surface area contributed by atoms with Crippen molar-refractivity contribution in [1.82, 2.24) is 5.32 Å². The fraction of sp³-hybridized carbons (Fsp3) is 0.500. The second-order valence-electron chi connectivity index (χ2n) is 5.29. The molecule has 0 saturated carbocycles. The third kappa shape index (κ3) is 4.57. The van der Waals surface area contributed by atoms with Gasteiger partial charge in [0, 0.05) is 5.41 Å². The summed E-state index contributed by atoms with van der Waals surface area (Å²) in [6.07, 6.45) is 0.652. The minimum atomic E-state index is -0.426. The SMILES string of the molecule is CC(C)(C)C(=O)NC(CO)Cc1ccccc1. The largest absolute Gasteiger partial charge is 0.394 e. The third-order valence-corrected chi connectivity index (χ3v) is 2.56. The first kappa shape index (κ1) is 13.7. The smallest absolute Gasteiger partial charge is 0.225 e. The Morgan fingerprint density at radius 2 is 1.88 bits per heavy atom. The maximum absolute atomic E-state index is 11.8. The molecule has 0 aliphatic heterocycles. The van der Waals surface area contributed by atoms with Gasteiger partial charge in [0.05, 0.1) is 12.6 Å². The minimum Gasteiger partial charge on any atom is -0.394 e. The standard InChI is InChI=1S/C14H21NO2/c1-14(2,3)13(17)15-12(10-16)9-11-7-5-4-6-8-11/h4-8,12,16H,9-10H2,1-3H3,(H,15,17). The summed E-state index contributed by atoms with van der Waals surface area (Å²) < 4.78 is 0. The highest BCUT2D eigenvalue weighted by Crippen LogP contribution is 2.13. The predicted molar refractivity (Wildman–Crippen MR) is 68.6 cm³/mol. The van der Waals surface area contributed by atoms with Gasteiger partial charge < -0.3 is 10.4 Å². The Balaban J connectivity index is 2.59. The van der Waals surface area contributed by atoms with Gasteiger partial charge in [-0.1, -0.05) is 51.1 Å². The van der Waals surface area contributed by atoms with Crippen LogP contribution in [-0.2, 0) is 11.2 Å². The number of carbonyl (C=O) groups excluding carboxylic acids is 1. The first-order valence-corrected chi connectivity index (χ1v) is 5.89. The Morgan fingerprint density at radius 1 is 1.29 bits per heavy atom. The Morgan fingerprint density at radius 3 is 2.35 bits per heavy atom. The molecule has 1 aromatic rings. The fourth-order valence-corrected chi connectivity index (χ4v) is 1.46. The third-order valence-electron chi connectivity index (χ3n) is 2.56. The molecule has 1 rings (SSSR count). The molecular weight excluding hydrogens is 214 g/mol. The Bertz CT molecular complexity index is 354. The quantitative estimate of drug-likeness (QED) is 0.835. The van der Waals surface area contributed by atoms with E-state index in [0.29, 0.717) is 6.42 Å². The van der Waals surface area contributed by atoms with Crippen LogP contribution >= 0.6 is 0 Å². The summed E-state index contributed by atoms with van der Waals surface area (Å²) >= 11 is 0. The van der Waals surface area contributed by atoms with Crippen molar-refractivity contribution < 1.29 is 9.90 Å². The molecule has 3 heteroatoms. The lowest BCUT2D eigenvalue weighted by Gasteiger charge is -2.23. The molecule has 3 nitrogen and oxygen atoms in total. The zero-order chi connectivity index (χ0) is 12.9. The van der Waals surface area contributed by atoms with Gasteiger partial charge in [0.15, 0.2) is 0 Å². The number of carbonyl (C=O) groups is 1.